The highest BCUT2D eigenvalue weighted by atomic mass is 16.5. The van der Waals surface area contributed by atoms with Crippen LogP contribution < -0.4 is 9.47 Å². The van der Waals surface area contributed by atoms with Gasteiger partial charge in [-0.2, -0.15) is 0 Å². The predicted molar refractivity (Wildman–Crippen MR) is 107 cm³/mol. The van der Waals surface area contributed by atoms with E-state index in [0.717, 1.165) is 18.5 Å². The second-order valence-electron chi connectivity index (χ2n) is 6.84. The van der Waals surface area contributed by atoms with Crippen molar-refractivity contribution in [3.63, 3.8) is 0 Å². The lowest BCUT2D eigenvalue weighted by Gasteiger charge is -2.32. The maximum atomic E-state index is 12.9. The van der Waals surface area contributed by atoms with Crippen molar-refractivity contribution in [1.29, 1.82) is 0 Å². The van der Waals surface area contributed by atoms with E-state index in [9.17, 15) is 4.79 Å². The van der Waals surface area contributed by atoms with Crippen LogP contribution in [0.2, 0.25) is 0 Å². The molecule has 29 heavy (non-hydrogen) atoms. The van der Waals surface area contributed by atoms with Gasteiger partial charge in [0.15, 0.2) is 0 Å². The zero-order chi connectivity index (χ0) is 20.1. The van der Waals surface area contributed by atoms with Crippen LogP contribution in [0.5, 0.6) is 17.5 Å². The number of methoxy groups -OCH3 is 1. The minimum Gasteiger partial charge on any atom is -0.481 e. The van der Waals surface area contributed by atoms with Crippen molar-refractivity contribution in [3.8, 4) is 17.5 Å². The minimum absolute atomic E-state index is 0.0423. The summed E-state index contributed by atoms with van der Waals surface area (Å²) < 4.78 is 11.0. The number of amides is 1. The molecule has 7 heteroatoms. The van der Waals surface area contributed by atoms with E-state index >= 15 is 0 Å². The van der Waals surface area contributed by atoms with Crippen molar-refractivity contribution in [2.24, 2.45) is 0 Å². The molecule has 0 bridgehead atoms. The molecule has 0 spiro atoms. The van der Waals surface area contributed by atoms with Gasteiger partial charge in [-0.05, 0) is 31.0 Å². The molecule has 1 fully saturated rings. The number of para-hydroxylation sites is 1. The van der Waals surface area contributed by atoms with E-state index in [0.29, 0.717) is 36.2 Å². The third-order valence-corrected chi connectivity index (χ3v) is 4.94. The quantitative estimate of drug-likeness (QED) is 0.661. The lowest BCUT2D eigenvalue weighted by Crippen LogP contribution is -2.39. The Balaban J connectivity index is 1.52. The Labute approximate surface area is 169 Å². The number of benzene rings is 1. The Morgan fingerprint density at radius 3 is 2.66 bits per heavy atom. The number of hydrogen-bond acceptors (Lipinski definition) is 6. The van der Waals surface area contributed by atoms with Crippen molar-refractivity contribution in [1.82, 2.24) is 19.9 Å². The van der Waals surface area contributed by atoms with Crippen molar-refractivity contribution in [3.05, 3.63) is 72.3 Å². The average Bonchev–Trinajstić information content (AvgIpc) is 2.80. The fourth-order valence-electron chi connectivity index (χ4n) is 3.49. The number of aromatic nitrogens is 3. The minimum atomic E-state index is -0.0423. The Hall–Kier alpha value is -3.48. The van der Waals surface area contributed by atoms with Gasteiger partial charge in [-0.15, -0.1) is 0 Å². The van der Waals surface area contributed by atoms with Crippen molar-refractivity contribution in [2.45, 2.75) is 18.8 Å². The smallest absolute Gasteiger partial charge is 0.255 e. The number of likely N-dealkylation sites (tertiary alicyclic amines) is 1. The number of rotatable bonds is 5. The third kappa shape index (κ3) is 4.34. The molecular formula is C22H22N4O3. The molecule has 0 saturated carbocycles. The number of ether oxygens (including phenoxy) is 2. The van der Waals surface area contributed by atoms with Crippen LogP contribution in [0, 0.1) is 0 Å². The largest absolute Gasteiger partial charge is 0.481 e. The van der Waals surface area contributed by atoms with Crippen LogP contribution in [0.4, 0.5) is 0 Å². The van der Waals surface area contributed by atoms with Gasteiger partial charge < -0.3 is 14.4 Å². The maximum absolute atomic E-state index is 12.9. The van der Waals surface area contributed by atoms with Crippen LogP contribution in [-0.2, 0) is 0 Å². The standard InChI is InChI=1S/C22H22N4O3/c1-28-19-10-9-16(14-25-19)22(27)26-13-5-6-17(15-26)20-21(24-12-11-23-20)29-18-7-3-2-4-8-18/h2-4,7-12,14,17H,5-6,13,15H2,1H3/t17-/m1/s1. The van der Waals surface area contributed by atoms with Gasteiger partial charge >= 0.3 is 0 Å². The summed E-state index contributed by atoms with van der Waals surface area (Å²) >= 11 is 0. The predicted octanol–water partition coefficient (Wildman–Crippen LogP) is 3.69. The molecule has 3 heterocycles. The lowest BCUT2D eigenvalue weighted by molar-refractivity contribution is 0.0704. The number of carbonyl (C=O) groups is 1. The highest BCUT2D eigenvalue weighted by Crippen LogP contribution is 2.33. The molecule has 1 saturated heterocycles. The van der Waals surface area contributed by atoms with E-state index in [1.807, 2.05) is 35.2 Å². The maximum Gasteiger partial charge on any atom is 0.255 e. The number of piperidine rings is 1. The lowest BCUT2D eigenvalue weighted by atomic mass is 9.94. The van der Waals surface area contributed by atoms with Crippen LogP contribution >= 0.6 is 0 Å². The second kappa shape index (κ2) is 8.68. The first kappa shape index (κ1) is 18.9. The van der Waals surface area contributed by atoms with E-state index in [1.54, 1.807) is 37.8 Å². The molecule has 0 N–H and O–H groups in total. The first-order valence-electron chi connectivity index (χ1n) is 9.57. The monoisotopic (exact) mass is 390 g/mol. The van der Waals surface area contributed by atoms with Gasteiger partial charge in [0, 0.05) is 43.7 Å². The van der Waals surface area contributed by atoms with E-state index in [2.05, 4.69) is 15.0 Å². The second-order valence-corrected chi connectivity index (χ2v) is 6.84. The first-order valence-corrected chi connectivity index (χ1v) is 9.57. The summed E-state index contributed by atoms with van der Waals surface area (Å²) in [6, 6.07) is 13.0. The zero-order valence-electron chi connectivity index (χ0n) is 16.2. The van der Waals surface area contributed by atoms with Gasteiger partial charge in [-0.3, -0.25) is 9.78 Å². The molecule has 4 rings (SSSR count). The Morgan fingerprint density at radius 1 is 1.07 bits per heavy atom. The van der Waals surface area contributed by atoms with Crippen molar-refractivity contribution in [2.75, 3.05) is 20.2 Å². The van der Waals surface area contributed by atoms with E-state index in [-0.39, 0.29) is 11.8 Å². The summed E-state index contributed by atoms with van der Waals surface area (Å²) in [5.41, 5.74) is 1.33. The van der Waals surface area contributed by atoms with Gasteiger partial charge in [0.2, 0.25) is 11.8 Å². The molecular weight excluding hydrogens is 368 g/mol. The molecule has 1 amide bonds. The topological polar surface area (TPSA) is 77.4 Å². The molecule has 1 atom stereocenters. The average molecular weight is 390 g/mol. The highest BCUT2D eigenvalue weighted by Gasteiger charge is 2.29. The van der Waals surface area contributed by atoms with Crippen LogP contribution in [0.15, 0.2) is 61.1 Å². The van der Waals surface area contributed by atoms with Gasteiger partial charge in [0.1, 0.15) is 11.4 Å². The summed E-state index contributed by atoms with van der Waals surface area (Å²) in [5, 5.41) is 0. The molecule has 0 unspecified atom stereocenters. The van der Waals surface area contributed by atoms with Gasteiger partial charge in [-0.25, -0.2) is 9.97 Å². The SMILES string of the molecule is COc1ccc(C(=O)N2CCC[C@@H](c3nccnc3Oc3ccccc3)C2)cn1. The van der Waals surface area contributed by atoms with Gasteiger partial charge in [0.25, 0.3) is 5.91 Å². The first-order chi connectivity index (χ1) is 14.2. The molecule has 148 valence electrons. The van der Waals surface area contributed by atoms with Crippen LogP contribution in [-0.4, -0.2) is 46.0 Å². The molecule has 1 aliphatic heterocycles. The zero-order valence-corrected chi connectivity index (χ0v) is 16.2. The Morgan fingerprint density at radius 2 is 1.90 bits per heavy atom. The van der Waals surface area contributed by atoms with E-state index < -0.39 is 0 Å². The van der Waals surface area contributed by atoms with Crippen LogP contribution in [0.1, 0.15) is 34.8 Å². The molecule has 3 aromatic rings. The fraction of sp³-hybridized carbons (Fsp3) is 0.273. The Bertz CT molecular complexity index is 963. The fourth-order valence-corrected chi connectivity index (χ4v) is 3.49. The highest BCUT2D eigenvalue weighted by molar-refractivity contribution is 5.94. The van der Waals surface area contributed by atoms with Crippen molar-refractivity contribution < 1.29 is 14.3 Å². The van der Waals surface area contributed by atoms with Gasteiger partial charge in [-0.1, -0.05) is 18.2 Å². The summed E-state index contributed by atoms with van der Waals surface area (Å²) in [4.78, 5) is 27.8. The van der Waals surface area contributed by atoms with E-state index in [1.165, 1.54) is 0 Å². The normalized spacial score (nSPS) is 16.3. The number of nitrogens with zero attached hydrogens (tertiary/aromatic N) is 4. The number of hydrogen-bond donors (Lipinski definition) is 0. The number of carbonyl (C=O) groups excluding carboxylic acids is 1. The molecule has 1 aromatic carbocycles. The number of pyridine rings is 1. The van der Waals surface area contributed by atoms with Crippen molar-refractivity contribution >= 4 is 5.91 Å². The van der Waals surface area contributed by atoms with Crippen LogP contribution in [0.25, 0.3) is 0 Å². The third-order valence-electron chi connectivity index (χ3n) is 4.94. The van der Waals surface area contributed by atoms with Crippen LogP contribution in [0.3, 0.4) is 0 Å². The summed E-state index contributed by atoms with van der Waals surface area (Å²) in [6.45, 7) is 1.27. The molecule has 2 aromatic heterocycles. The Kier molecular flexibility index (Phi) is 5.65. The molecule has 1 aliphatic rings. The molecule has 0 aliphatic carbocycles. The summed E-state index contributed by atoms with van der Waals surface area (Å²) in [7, 11) is 1.55. The molecule has 0 radical (unpaired) electrons. The molecule has 7 nitrogen and oxygen atoms in total. The van der Waals surface area contributed by atoms with E-state index in [4.69, 9.17) is 9.47 Å². The van der Waals surface area contributed by atoms with Gasteiger partial charge in [0.05, 0.1) is 12.7 Å². The summed E-state index contributed by atoms with van der Waals surface area (Å²) in [5.74, 6) is 1.71. The summed E-state index contributed by atoms with van der Waals surface area (Å²) in [6.07, 6.45) is 6.66.